The van der Waals surface area contributed by atoms with Crippen LogP contribution < -0.4 is 10.9 Å². The number of nitrogens with one attached hydrogen (secondary N) is 2. The monoisotopic (exact) mass is 424 g/mol. The van der Waals surface area contributed by atoms with E-state index in [0.29, 0.717) is 50.8 Å². The summed E-state index contributed by atoms with van der Waals surface area (Å²) >= 11 is 0. The zero-order valence-electron chi connectivity index (χ0n) is 18.7. The first-order valence-electron chi connectivity index (χ1n) is 10.9. The molecule has 2 amide bonds. The topological polar surface area (TPSA) is 109 Å². The van der Waals surface area contributed by atoms with Crippen molar-refractivity contribution in [1.29, 1.82) is 0 Å². The lowest BCUT2D eigenvalue weighted by Crippen LogP contribution is -2.48. The van der Waals surface area contributed by atoms with Crippen molar-refractivity contribution in [2.24, 2.45) is 16.8 Å². The number of carbonyl (C=O) groups excluding carboxylic acids is 3. The Hall–Kier alpha value is -2.32. The molecule has 1 unspecified atom stereocenters. The highest BCUT2D eigenvalue weighted by Gasteiger charge is 2.29. The summed E-state index contributed by atoms with van der Waals surface area (Å²) < 4.78 is 10.5. The van der Waals surface area contributed by atoms with Crippen LogP contribution in [0.2, 0.25) is 0 Å². The highest BCUT2D eigenvalue weighted by atomic mass is 16.6. The van der Waals surface area contributed by atoms with E-state index in [2.05, 4.69) is 15.8 Å². The summed E-state index contributed by atoms with van der Waals surface area (Å²) in [4.78, 5) is 42.5. The quantitative estimate of drug-likeness (QED) is 0.518. The van der Waals surface area contributed by atoms with Crippen molar-refractivity contribution in [3.05, 3.63) is 0 Å². The van der Waals surface area contributed by atoms with Gasteiger partial charge in [-0.15, -0.1) is 0 Å². The van der Waals surface area contributed by atoms with Crippen LogP contribution in [0.25, 0.3) is 0 Å². The fraction of sp³-hybridized carbons (Fsp3) is 0.810. The van der Waals surface area contributed by atoms with E-state index in [1.165, 1.54) is 0 Å². The third kappa shape index (κ3) is 7.84. The molecule has 170 valence electrons. The highest BCUT2D eigenvalue weighted by Crippen LogP contribution is 2.23. The van der Waals surface area contributed by atoms with Crippen molar-refractivity contribution in [3.8, 4) is 0 Å². The number of carbonyl (C=O) groups is 3. The number of hydrogen-bond acceptors (Lipinski definition) is 7. The van der Waals surface area contributed by atoms with Gasteiger partial charge in [0.15, 0.2) is 0 Å². The molecular formula is C21H36N4O5. The zero-order valence-corrected chi connectivity index (χ0v) is 18.7. The number of rotatable bonds is 5. The minimum atomic E-state index is -0.492. The zero-order chi connectivity index (χ0) is 22.1. The minimum absolute atomic E-state index is 0.138. The number of hydrazine groups is 1. The molecule has 2 aliphatic heterocycles. The molecule has 0 radical (unpaired) electrons. The van der Waals surface area contributed by atoms with Gasteiger partial charge in [0.1, 0.15) is 17.4 Å². The molecule has 0 aromatic heterocycles. The summed E-state index contributed by atoms with van der Waals surface area (Å²) in [5.41, 5.74) is 4.99. The normalized spacial score (nSPS) is 20.2. The van der Waals surface area contributed by atoms with Crippen molar-refractivity contribution >= 4 is 23.8 Å². The number of likely N-dealkylation sites (tertiary alicyclic amines) is 1. The largest absolute Gasteiger partial charge is 0.465 e. The van der Waals surface area contributed by atoms with Crippen LogP contribution in [-0.4, -0.2) is 60.5 Å². The van der Waals surface area contributed by atoms with Gasteiger partial charge < -0.3 is 14.4 Å². The van der Waals surface area contributed by atoms with Gasteiger partial charge in [0.2, 0.25) is 5.91 Å². The molecule has 0 saturated carbocycles. The average Bonchev–Trinajstić information content (AvgIpc) is 2.70. The molecule has 9 nitrogen and oxygen atoms in total. The fourth-order valence-corrected chi connectivity index (χ4v) is 3.60. The molecule has 1 atom stereocenters. The van der Waals surface area contributed by atoms with Crippen LogP contribution in [0.15, 0.2) is 4.99 Å². The van der Waals surface area contributed by atoms with E-state index in [9.17, 15) is 14.4 Å². The number of amides is 2. The number of ether oxygens (including phenoxy) is 2. The standard InChI is InChI=1S/C21H36N4O5/c1-5-29-19(27)16-7-6-12-22-18(16)24-23-17(26)9-8-15-10-13-25(14-11-15)20(28)30-21(2,3)4/h15-16H,5-14H2,1-4H3,(H,22,24)(H,23,26). The first-order chi connectivity index (χ1) is 14.2. The maximum atomic E-state index is 12.2. The molecule has 0 bridgehead atoms. The van der Waals surface area contributed by atoms with Gasteiger partial charge in [-0.1, -0.05) is 0 Å². The summed E-state index contributed by atoms with van der Waals surface area (Å²) in [5.74, 6) is -0.0291. The van der Waals surface area contributed by atoms with Crippen molar-refractivity contribution in [2.75, 3.05) is 26.2 Å². The molecule has 0 spiro atoms. The molecule has 2 heterocycles. The first-order valence-corrected chi connectivity index (χ1v) is 10.9. The number of piperidine rings is 1. The van der Waals surface area contributed by atoms with E-state index >= 15 is 0 Å². The van der Waals surface area contributed by atoms with E-state index in [4.69, 9.17) is 9.47 Å². The summed E-state index contributed by atoms with van der Waals surface area (Å²) in [6.07, 6.45) is 4.06. The fourth-order valence-electron chi connectivity index (χ4n) is 3.60. The molecule has 0 aromatic carbocycles. The van der Waals surface area contributed by atoms with Gasteiger partial charge in [-0.3, -0.25) is 25.4 Å². The average molecular weight is 425 g/mol. The maximum absolute atomic E-state index is 12.2. The number of aliphatic imine (C=N–C) groups is 1. The van der Waals surface area contributed by atoms with Crippen LogP contribution in [0.1, 0.15) is 66.2 Å². The van der Waals surface area contributed by atoms with Crippen molar-refractivity contribution in [2.45, 2.75) is 71.8 Å². The van der Waals surface area contributed by atoms with Crippen molar-refractivity contribution in [3.63, 3.8) is 0 Å². The molecule has 2 rings (SSSR count). The highest BCUT2D eigenvalue weighted by molar-refractivity contribution is 6.01. The molecule has 1 saturated heterocycles. The van der Waals surface area contributed by atoms with Gasteiger partial charge in [-0.05, 0) is 65.7 Å². The van der Waals surface area contributed by atoms with E-state index < -0.39 is 11.5 Å². The Morgan fingerprint density at radius 1 is 1.17 bits per heavy atom. The van der Waals surface area contributed by atoms with Crippen LogP contribution in [-0.2, 0) is 19.1 Å². The molecular weight excluding hydrogens is 388 g/mol. The van der Waals surface area contributed by atoms with Crippen LogP contribution >= 0.6 is 0 Å². The smallest absolute Gasteiger partial charge is 0.410 e. The van der Waals surface area contributed by atoms with Gasteiger partial charge in [-0.2, -0.15) is 0 Å². The molecule has 9 heteroatoms. The SMILES string of the molecule is CCOC(=O)C1CCCN=C1NNC(=O)CCC1CCN(C(=O)OC(C)(C)C)CC1. The van der Waals surface area contributed by atoms with Gasteiger partial charge in [0, 0.05) is 26.1 Å². The molecule has 2 aliphatic rings. The Labute approximate surface area is 178 Å². The Morgan fingerprint density at radius 2 is 1.87 bits per heavy atom. The predicted molar refractivity (Wildman–Crippen MR) is 113 cm³/mol. The second-order valence-electron chi connectivity index (χ2n) is 8.84. The third-order valence-electron chi connectivity index (χ3n) is 5.21. The molecule has 2 N–H and O–H groups in total. The van der Waals surface area contributed by atoms with Crippen molar-refractivity contribution < 1.29 is 23.9 Å². The van der Waals surface area contributed by atoms with E-state index in [1.807, 2.05) is 20.8 Å². The summed E-state index contributed by atoms with van der Waals surface area (Å²) in [7, 11) is 0. The molecule has 0 aromatic rings. The lowest BCUT2D eigenvalue weighted by Gasteiger charge is -2.33. The van der Waals surface area contributed by atoms with Crippen LogP contribution in [0.5, 0.6) is 0 Å². The van der Waals surface area contributed by atoms with E-state index in [0.717, 1.165) is 25.7 Å². The van der Waals surface area contributed by atoms with E-state index in [1.54, 1.807) is 11.8 Å². The molecule has 1 fully saturated rings. The maximum Gasteiger partial charge on any atom is 0.410 e. The first kappa shape index (κ1) is 24.0. The molecule has 0 aliphatic carbocycles. The predicted octanol–water partition coefficient (Wildman–Crippen LogP) is 2.41. The van der Waals surface area contributed by atoms with Gasteiger partial charge >= 0.3 is 12.1 Å². The summed E-state index contributed by atoms with van der Waals surface area (Å²) in [5, 5.41) is 0. The third-order valence-corrected chi connectivity index (χ3v) is 5.21. The van der Waals surface area contributed by atoms with Gasteiger partial charge in [-0.25, -0.2) is 4.79 Å². The Bertz CT molecular complexity index is 636. The van der Waals surface area contributed by atoms with Crippen LogP contribution in [0.4, 0.5) is 4.79 Å². The van der Waals surface area contributed by atoms with E-state index in [-0.39, 0.29) is 18.0 Å². The van der Waals surface area contributed by atoms with Crippen LogP contribution in [0, 0.1) is 11.8 Å². The van der Waals surface area contributed by atoms with Gasteiger partial charge in [0.25, 0.3) is 0 Å². The Kier molecular flexibility index (Phi) is 8.92. The Balaban J connectivity index is 1.68. The summed E-state index contributed by atoms with van der Waals surface area (Å²) in [6, 6.07) is 0. The minimum Gasteiger partial charge on any atom is -0.465 e. The number of hydrogen-bond donors (Lipinski definition) is 2. The number of esters is 1. The lowest BCUT2D eigenvalue weighted by molar-refractivity contribution is -0.146. The number of amidine groups is 1. The second-order valence-corrected chi connectivity index (χ2v) is 8.84. The lowest BCUT2D eigenvalue weighted by atomic mass is 9.92. The van der Waals surface area contributed by atoms with Crippen LogP contribution in [0.3, 0.4) is 0 Å². The summed E-state index contributed by atoms with van der Waals surface area (Å²) in [6.45, 7) is 9.60. The second kappa shape index (κ2) is 11.2. The van der Waals surface area contributed by atoms with Crippen molar-refractivity contribution in [1.82, 2.24) is 15.8 Å². The Morgan fingerprint density at radius 3 is 2.50 bits per heavy atom. The number of nitrogens with zero attached hydrogens (tertiary/aromatic N) is 2. The molecule has 30 heavy (non-hydrogen) atoms. The van der Waals surface area contributed by atoms with Gasteiger partial charge in [0.05, 0.1) is 6.61 Å².